The smallest absolute Gasteiger partial charge is 0.265 e. The van der Waals surface area contributed by atoms with E-state index in [4.69, 9.17) is 0 Å². The van der Waals surface area contributed by atoms with Gasteiger partial charge in [-0.1, -0.05) is 60.9 Å². The highest BCUT2D eigenvalue weighted by Crippen LogP contribution is 2.54. The summed E-state index contributed by atoms with van der Waals surface area (Å²) in [5, 5.41) is 0. The second-order valence-electron chi connectivity index (χ2n) is 7.15. The quantitative estimate of drug-likeness (QED) is 0.615. The molecule has 0 radical (unpaired) electrons. The van der Waals surface area contributed by atoms with Crippen LogP contribution in [0.1, 0.15) is 43.2 Å². The van der Waals surface area contributed by atoms with E-state index >= 15 is 0 Å². The van der Waals surface area contributed by atoms with Crippen molar-refractivity contribution in [3.63, 3.8) is 0 Å². The average Bonchev–Trinajstić information content (AvgIpc) is 2.90. The lowest BCUT2D eigenvalue weighted by atomic mass is 9.93. The van der Waals surface area contributed by atoms with Crippen LogP contribution in [0.5, 0.6) is 0 Å². The first-order valence-electron chi connectivity index (χ1n) is 9.15. The molecule has 0 aromatic heterocycles. The van der Waals surface area contributed by atoms with Gasteiger partial charge in [-0.15, -0.1) is 0 Å². The Hall–Kier alpha value is -2.07. The third-order valence-electron chi connectivity index (χ3n) is 5.22. The molecule has 1 saturated carbocycles. The number of rotatable bonds is 2. The summed E-state index contributed by atoms with van der Waals surface area (Å²) < 4.78 is 13.4. The van der Waals surface area contributed by atoms with Crippen LogP contribution >= 0.6 is 11.8 Å². The highest BCUT2D eigenvalue weighted by molar-refractivity contribution is 8.06. The predicted octanol–water partition coefficient (Wildman–Crippen LogP) is 5.92. The van der Waals surface area contributed by atoms with Gasteiger partial charge in [-0.25, -0.2) is 4.39 Å². The van der Waals surface area contributed by atoms with Gasteiger partial charge in [0, 0.05) is 5.69 Å². The van der Waals surface area contributed by atoms with Gasteiger partial charge in [0.05, 0.1) is 9.78 Å². The van der Waals surface area contributed by atoms with E-state index in [-0.39, 0.29) is 16.6 Å². The summed E-state index contributed by atoms with van der Waals surface area (Å²) >= 11 is 1.69. The Balaban J connectivity index is 1.74. The standard InChI is InChI=1S/C22H22FNOS/c1-16-5-7-17(8-6-16)15-20-21(25)24(19-11-9-18(23)10-12-19)22(26-20)13-3-2-4-14-22/h5-12,15H,2-4,13-14H2,1H3/b20-15+. The summed E-state index contributed by atoms with van der Waals surface area (Å²) in [6, 6.07) is 14.5. The second kappa shape index (κ2) is 6.92. The second-order valence-corrected chi connectivity index (χ2v) is 8.55. The topological polar surface area (TPSA) is 20.3 Å². The summed E-state index contributed by atoms with van der Waals surface area (Å²) in [4.78, 5) is 15.7. The number of carbonyl (C=O) groups is 1. The van der Waals surface area contributed by atoms with Gasteiger partial charge >= 0.3 is 0 Å². The van der Waals surface area contributed by atoms with E-state index in [9.17, 15) is 9.18 Å². The highest BCUT2D eigenvalue weighted by Gasteiger charge is 2.50. The minimum Gasteiger partial charge on any atom is -0.292 e. The van der Waals surface area contributed by atoms with Crippen LogP contribution < -0.4 is 4.90 Å². The summed E-state index contributed by atoms with van der Waals surface area (Å²) in [6.07, 6.45) is 7.40. The molecule has 2 fully saturated rings. The Morgan fingerprint density at radius 2 is 1.65 bits per heavy atom. The molecule has 4 rings (SSSR count). The zero-order valence-corrected chi connectivity index (χ0v) is 15.7. The Morgan fingerprint density at radius 3 is 2.31 bits per heavy atom. The van der Waals surface area contributed by atoms with E-state index < -0.39 is 0 Å². The highest BCUT2D eigenvalue weighted by atomic mass is 32.2. The van der Waals surface area contributed by atoms with Crippen molar-refractivity contribution in [1.82, 2.24) is 0 Å². The molecule has 1 aliphatic heterocycles. The van der Waals surface area contributed by atoms with Crippen molar-refractivity contribution >= 4 is 29.4 Å². The number of hydrogen-bond acceptors (Lipinski definition) is 2. The Morgan fingerprint density at radius 1 is 1.00 bits per heavy atom. The molecule has 1 amide bonds. The number of anilines is 1. The van der Waals surface area contributed by atoms with Crippen molar-refractivity contribution in [2.45, 2.75) is 43.9 Å². The molecule has 1 aliphatic carbocycles. The van der Waals surface area contributed by atoms with E-state index in [1.807, 2.05) is 23.1 Å². The van der Waals surface area contributed by atoms with Crippen LogP contribution in [0.4, 0.5) is 10.1 Å². The summed E-state index contributed by atoms with van der Waals surface area (Å²) in [6.45, 7) is 2.06. The zero-order chi connectivity index (χ0) is 18.1. The SMILES string of the molecule is Cc1ccc(/C=C2/SC3(CCCCC3)N(c3ccc(F)cc3)C2=O)cc1. The van der Waals surface area contributed by atoms with Crippen LogP contribution in [-0.4, -0.2) is 10.8 Å². The number of benzene rings is 2. The van der Waals surface area contributed by atoms with Crippen LogP contribution in [0.25, 0.3) is 6.08 Å². The molecule has 1 saturated heterocycles. The van der Waals surface area contributed by atoms with E-state index in [1.165, 1.54) is 24.1 Å². The van der Waals surface area contributed by atoms with Crippen molar-refractivity contribution in [2.24, 2.45) is 0 Å². The minimum atomic E-state index is -0.277. The van der Waals surface area contributed by atoms with Gasteiger partial charge in [0.1, 0.15) is 5.82 Å². The maximum absolute atomic E-state index is 13.4. The Labute approximate surface area is 158 Å². The molecule has 1 heterocycles. The van der Waals surface area contributed by atoms with Crippen LogP contribution in [0.15, 0.2) is 53.4 Å². The molecule has 2 aromatic carbocycles. The number of amides is 1. The maximum Gasteiger partial charge on any atom is 0.265 e. The number of halogens is 1. The Kier molecular flexibility index (Phi) is 4.62. The zero-order valence-electron chi connectivity index (χ0n) is 14.9. The molecule has 134 valence electrons. The first-order valence-corrected chi connectivity index (χ1v) is 9.97. The number of aryl methyl sites for hydroxylation is 1. The lowest BCUT2D eigenvalue weighted by Gasteiger charge is -2.40. The largest absolute Gasteiger partial charge is 0.292 e. The summed E-state index contributed by atoms with van der Waals surface area (Å²) in [7, 11) is 0. The van der Waals surface area contributed by atoms with Crippen molar-refractivity contribution in [3.8, 4) is 0 Å². The fourth-order valence-electron chi connectivity index (χ4n) is 3.87. The van der Waals surface area contributed by atoms with Crippen LogP contribution in [0.2, 0.25) is 0 Å². The van der Waals surface area contributed by atoms with Gasteiger partial charge in [0.15, 0.2) is 0 Å². The third-order valence-corrected chi connectivity index (χ3v) is 6.70. The number of nitrogens with zero attached hydrogens (tertiary/aromatic N) is 1. The van der Waals surface area contributed by atoms with Crippen LogP contribution in [0, 0.1) is 12.7 Å². The van der Waals surface area contributed by atoms with E-state index in [2.05, 4.69) is 19.1 Å². The van der Waals surface area contributed by atoms with E-state index in [0.29, 0.717) is 0 Å². The lowest BCUT2D eigenvalue weighted by molar-refractivity contribution is -0.114. The number of carbonyl (C=O) groups excluding carboxylic acids is 1. The van der Waals surface area contributed by atoms with Crippen molar-refractivity contribution in [3.05, 3.63) is 70.4 Å². The lowest BCUT2D eigenvalue weighted by Crippen LogP contribution is -2.45. The molecule has 0 atom stereocenters. The van der Waals surface area contributed by atoms with Gasteiger partial charge in [-0.05, 0) is 55.7 Å². The Bertz CT molecular complexity index is 835. The monoisotopic (exact) mass is 367 g/mol. The van der Waals surface area contributed by atoms with Gasteiger partial charge in [-0.3, -0.25) is 9.69 Å². The normalized spacial score (nSPS) is 20.9. The van der Waals surface area contributed by atoms with Gasteiger partial charge in [0.25, 0.3) is 5.91 Å². The van der Waals surface area contributed by atoms with Crippen molar-refractivity contribution in [1.29, 1.82) is 0 Å². The molecule has 0 bridgehead atoms. The van der Waals surface area contributed by atoms with Crippen molar-refractivity contribution in [2.75, 3.05) is 4.90 Å². The van der Waals surface area contributed by atoms with E-state index in [1.54, 1.807) is 23.9 Å². The average molecular weight is 367 g/mol. The summed E-state index contributed by atoms with van der Waals surface area (Å²) in [5.41, 5.74) is 3.03. The molecule has 1 spiro atoms. The summed E-state index contributed by atoms with van der Waals surface area (Å²) in [5.74, 6) is -0.245. The molecular weight excluding hydrogens is 345 g/mol. The maximum atomic E-state index is 13.4. The fourth-order valence-corrected chi connectivity index (χ4v) is 5.42. The van der Waals surface area contributed by atoms with Crippen LogP contribution in [-0.2, 0) is 4.79 Å². The van der Waals surface area contributed by atoms with Crippen LogP contribution in [0.3, 0.4) is 0 Å². The van der Waals surface area contributed by atoms with E-state index in [0.717, 1.165) is 41.8 Å². The number of thioether (sulfide) groups is 1. The van der Waals surface area contributed by atoms with Crippen molar-refractivity contribution < 1.29 is 9.18 Å². The predicted molar refractivity (Wildman–Crippen MR) is 106 cm³/mol. The third kappa shape index (κ3) is 3.18. The van der Waals surface area contributed by atoms with Gasteiger partial charge in [-0.2, -0.15) is 0 Å². The molecule has 0 unspecified atom stereocenters. The molecular formula is C22H22FNOS. The van der Waals surface area contributed by atoms with Gasteiger partial charge < -0.3 is 0 Å². The van der Waals surface area contributed by atoms with Gasteiger partial charge in [0.2, 0.25) is 0 Å². The molecule has 2 aliphatic rings. The number of hydrogen-bond donors (Lipinski definition) is 0. The molecule has 0 N–H and O–H groups in total. The molecule has 26 heavy (non-hydrogen) atoms. The molecule has 2 nitrogen and oxygen atoms in total. The fraction of sp³-hybridized carbons (Fsp3) is 0.318. The molecule has 4 heteroatoms. The first-order chi connectivity index (χ1) is 12.6. The first kappa shape index (κ1) is 17.3. The minimum absolute atomic E-state index is 0.0316. The molecule has 2 aromatic rings.